The van der Waals surface area contributed by atoms with Gasteiger partial charge in [0.1, 0.15) is 5.69 Å². The van der Waals surface area contributed by atoms with Gasteiger partial charge in [0, 0.05) is 5.69 Å². The Bertz CT molecular complexity index is 356. The largest absolute Gasteiger partial charge is 0.433 e. The summed E-state index contributed by atoms with van der Waals surface area (Å²) in [7, 11) is 0. The third kappa shape index (κ3) is 2.97. The normalized spacial score (nSPS) is 12.2. The molecule has 4 heteroatoms. The molecule has 1 rings (SSSR count). The SMILES string of the molecule is CCCc1ccc(C(C)C)c(C(F)(F)F)n1. The van der Waals surface area contributed by atoms with Gasteiger partial charge in [0.15, 0.2) is 0 Å². The van der Waals surface area contributed by atoms with Crippen molar-refractivity contribution in [3.05, 3.63) is 29.1 Å². The van der Waals surface area contributed by atoms with Crippen LogP contribution >= 0.6 is 0 Å². The molecular weight excluding hydrogens is 215 g/mol. The van der Waals surface area contributed by atoms with E-state index in [4.69, 9.17) is 0 Å². The zero-order valence-electron chi connectivity index (χ0n) is 9.73. The predicted molar refractivity (Wildman–Crippen MR) is 57.3 cm³/mol. The van der Waals surface area contributed by atoms with Crippen molar-refractivity contribution in [2.45, 2.75) is 45.7 Å². The molecule has 0 bridgehead atoms. The topological polar surface area (TPSA) is 12.9 Å². The standard InChI is InChI=1S/C12H16F3N/c1-4-5-9-6-7-10(8(2)3)11(16-9)12(13,14)15/h6-8H,4-5H2,1-3H3. The number of rotatable bonds is 3. The lowest BCUT2D eigenvalue weighted by Crippen LogP contribution is -2.14. The Morgan fingerprint density at radius 3 is 2.31 bits per heavy atom. The Morgan fingerprint density at radius 1 is 1.25 bits per heavy atom. The number of alkyl halides is 3. The average molecular weight is 231 g/mol. The van der Waals surface area contributed by atoms with Crippen LogP contribution in [0, 0.1) is 0 Å². The molecule has 0 saturated heterocycles. The fourth-order valence-electron chi connectivity index (χ4n) is 1.60. The Labute approximate surface area is 93.7 Å². The second-order valence-electron chi connectivity index (χ2n) is 4.14. The van der Waals surface area contributed by atoms with Crippen molar-refractivity contribution in [3.8, 4) is 0 Å². The van der Waals surface area contributed by atoms with E-state index in [0.717, 1.165) is 6.42 Å². The lowest BCUT2D eigenvalue weighted by atomic mass is 10.00. The van der Waals surface area contributed by atoms with Crippen LogP contribution in [0.4, 0.5) is 13.2 Å². The third-order valence-electron chi connectivity index (χ3n) is 2.38. The third-order valence-corrected chi connectivity index (χ3v) is 2.38. The summed E-state index contributed by atoms with van der Waals surface area (Å²) in [5.41, 5.74) is 0.0556. The summed E-state index contributed by atoms with van der Waals surface area (Å²) in [6.07, 6.45) is -2.98. The molecule has 16 heavy (non-hydrogen) atoms. The van der Waals surface area contributed by atoms with Crippen molar-refractivity contribution in [1.29, 1.82) is 0 Å². The molecular formula is C12H16F3N. The molecule has 0 atom stereocenters. The highest BCUT2D eigenvalue weighted by Gasteiger charge is 2.36. The minimum Gasteiger partial charge on any atom is -0.248 e. The smallest absolute Gasteiger partial charge is 0.248 e. The fraction of sp³-hybridized carbons (Fsp3) is 0.583. The highest BCUT2D eigenvalue weighted by molar-refractivity contribution is 5.28. The Hall–Kier alpha value is -1.06. The van der Waals surface area contributed by atoms with E-state index in [-0.39, 0.29) is 11.5 Å². The van der Waals surface area contributed by atoms with Gasteiger partial charge in [-0.05, 0) is 24.0 Å². The molecule has 0 aliphatic heterocycles. The molecule has 1 aromatic heterocycles. The minimum atomic E-state index is -4.36. The number of nitrogens with zero attached hydrogens (tertiary/aromatic N) is 1. The molecule has 0 N–H and O–H groups in total. The molecule has 0 saturated carbocycles. The Kier molecular flexibility index (Phi) is 3.94. The van der Waals surface area contributed by atoms with Crippen LogP contribution in [0.1, 0.15) is 50.1 Å². The van der Waals surface area contributed by atoms with Gasteiger partial charge in [0.2, 0.25) is 0 Å². The van der Waals surface area contributed by atoms with Crippen LogP contribution in [0.15, 0.2) is 12.1 Å². The van der Waals surface area contributed by atoms with Gasteiger partial charge in [-0.3, -0.25) is 0 Å². The van der Waals surface area contributed by atoms with Gasteiger partial charge in [0.05, 0.1) is 0 Å². The molecule has 0 radical (unpaired) electrons. The van der Waals surface area contributed by atoms with E-state index in [1.807, 2.05) is 6.92 Å². The molecule has 1 nitrogen and oxygen atoms in total. The minimum absolute atomic E-state index is 0.167. The van der Waals surface area contributed by atoms with Crippen LogP contribution in [-0.4, -0.2) is 4.98 Å². The molecule has 0 aromatic carbocycles. The zero-order chi connectivity index (χ0) is 12.3. The fourth-order valence-corrected chi connectivity index (χ4v) is 1.60. The summed E-state index contributed by atoms with van der Waals surface area (Å²) in [5, 5.41) is 0. The number of hydrogen-bond acceptors (Lipinski definition) is 1. The first-order valence-electron chi connectivity index (χ1n) is 5.43. The maximum atomic E-state index is 12.8. The second kappa shape index (κ2) is 4.85. The summed E-state index contributed by atoms with van der Waals surface area (Å²) >= 11 is 0. The maximum Gasteiger partial charge on any atom is 0.433 e. The number of pyridine rings is 1. The number of hydrogen-bond donors (Lipinski definition) is 0. The van der Waals surface area contributed by atoms with Gasteiger partial charge in [0.25, 0.3) is 0 Å². The van der Waals surface area contributed by atoms with Crippen LogP contribution in [0.5, 0.6) is 0 Å². The monoisotopic (exact) mass is 231 g/mol. The lowest BCUT2D eigenvalue weighted by Gasteiger charge is -2.15. The molecule has 0 fully saturated rings. The lowest BCUT2D eigenvalue weighted by molar-refractivity contribution is -0.142. The molecule has 1 heterocycles. The van der Waals surface area contributed by atoms with Crippen molar-refractivity contribution in [1.82, 2.24) is 4.98 Å². The summed E-state index contributed by atoms with van der Waals surface area (Å²) in [6, 6.07) is 3.24. The summed E-state index contributed by atoms with van der Waals surface area (Å²) in [5.74, 6) is -0.167. The van der Waals surface area contributed by atoms with E-state index in [9.17, 15) is 13.2 Å². The second-order valence-corrected chi connectivity index (χ2v) is 4.14. The first-order chi connectivity index (χ1) is 7.36. The molecule has 1 aromatic rings. The van der Waals surface area contributed by atoms with Gasteiger partial charge < -0.3 is 0 Å². The molecule has 0 aliphatic rings. The van der Waals surface area contributed by atoms with Crippen molar-refractivity contribution in [3.63, 3.8) is 0 Å². The van der Waals surface area contributed by atoms with E-state index in [1.54, 1.807) is 26.0 Å². The van der Waals surface area contributed by atoms with Gasteiger partial charge in [-0.1, -0.05) is 33.3 Å². The molecule has 0 spiro atoms. The number of halogens is 3. The predicted octanol–water partition coefficient (Wildman–Crippen LogP) is 4.18. The molecule has 0 aliphatic carbocycles. The Balaban J connectivity index is 3.22. The van der Waals surface area contributed by atoms with Gasteiger partial charge in [-0.2, -0.15) is 13.2 Å². The highest BCUT2D eigenvalue weighted by atomic mass is 19.4. The molecule has 0 amide bonds. The van der Waals surface area contributed by atoms with Gasteiger partial charge in [-0.25, -0.2) is 4.98 Å². The van der Waals surface area contributed by atoms with E-state index in [0.29, 0.717) is 12.1 Å². The van der Waals surface area contributed by atoms with Crippen molar-refractivity contribution < 1.29 is 13.2 Å². The van der Waals surface area contributed by atoms with E-state index >= 15 is 0 Å². The van der Waals surface area contributed by atoms with Crippen LogP contribution in [0.2, 0.25) is 0 Å². The van der Waals surface area contributed by atoms with E-state index in [1.165, 1.54) is 0 Å². The zero-order valence-corrected chi connectivity index (χ0v) is 9.73. The maximum absolute atomic E-state index is 12.8. The van der Waals surface area contributed by atoms with Crippen molar-refractivity contribution in [2.75, 3.05) is 0 Å². The van der Waals surface area contributed by atoms with Crippen LogP contribution < -0.4 is 0 Å². The molecule has 90 valence electrons. The van der Waals surface area contributed by atoms with E-state index < -0.39 is 11.9 Å². The van der Waals surface area contributed by atoms with Crippen molar-refractivity contribution in [2.24, 2.45) is 0 Å². The first-order valence-corrected chi connectivity index (χ1v) is 5.43. The molecule has 0 unspecified atom stereocenters. The number of aryl methyl sites for hydroxylation is 1. The van der Waals surface area contributed by atoms with Gasteiger partial charge in [-0.15, -0.1) is 0 Å². The summed E-state index contributed by atoms with van der Waals surface area (Å²) < 4.78 is 38.3. The quantitative estimate of drug-likeness (QED) is 0.760. The summed E-state index contributed by atoms with van der Waals surface area (Å²) in [4.78, 5) is 3.73. The number of aromatic nitrogens is 1. The van der Waals surface area contributed by atoms with Crippen molar-refractivity contribution >= 4 is 0 Å². The average Bonchev–Trinajstić information content (AvgIpc) is 2.16. The van der Waals surface area contributed by atoms with Gasteiger partial charge >= 0.3 is 6.18 Å². The van der Waals surface area contributed by atoms with Crippen LogP contribution in [0.3, 0.4) is 0 Å². The van der Waals surface area contributed by atoms with E-state index in [2.05, 4.69) is 4.98 Å². The first kappa shape index (κ1) is 13.0. The Morgan fingerprint density at radius 2 is 1.88 bits per heavy atom. The summed E-state index contributed by atoms with van der Waals surface area (Å²) in [6.45, 7) is 5.41. The highest BCUT2D eigenvalue weighted by Crippen LogP contribution is 2.33. The van der Waals surface area contributed by atoms with Crippen LogP contribution in [-0.2, 0) is 12.6 Å². The van der Waals surface area contributed by atoms with Crippen LogP contribution in [0.25, 0.3) is 0 Å².